The number of hydrogen-bond acceptors (Lipinski definition) is 6. The summed E-state index contributed by atoms with van der Waals surface area (Å²) in [6, 6.07) is 27.3. The summed E-state index contributed by atoms with van der Waals surface area (Å²) in [6.45, 7) is 1.79. The third-order valence-corrected chi connectivity index (χ3v) is 5.78. The van der Waals surface area contributed by atoms with Gasteiger partial charge in [-0.3, -0.25) is 4.79 Å². The average Bonchev–Trinajstić information content (AvgIpc) is 3.44. The van der Waals surface area contributed by atoms with E-state index < -0.39 is 23.6 Å². The monoisotopic (exact) mass is 439 g/mol. The molecule has 0 aliphatic carbocycles. The Morgan fingerprint density at radius 1 is 0.848 bits per heavy atom. The predicted molar refractivity (Wildman–Crippen MR) is 120 cm³/mol. The molecule has 0 radical (unpaired) electrons. The lowest BCUT2D eigenvalue weighted by molar-refractivity contribution is -0.140. The molecule has 0 N–H and O–H groups in total. The molecular formula is C26H21N3O4. The van der Waals surface area contributed by atoms with Crippen molar-refractivity contribution in [3.8, 4) is 11.5 Å². The van der Waals surface area contributed by atoms with E-state index >= 15 is 0 Å². The van der Waals surface area contributed by atoms with Gasteiger partial charge < -0.3 is 9.15 Å². The van der Waals surface area contributed by atoms with E-state index in [0.29, 0.717) is 5.56 Å². The number of cyclic esters (lactones) is 1. The fourth-order valence-corrected chi connectivity index (χ4v) is 4.02. The smallest absolute Gasteiger partial charge is 0.418 e. The van der Waals surface area contributed by atoms with Gasteiger partial charge in [0.15, 0.2) is 0 Å². The minimum absolute atomic E-state index is 0.0497. The molecule has 0 unspecified atom stereocenters. The average molecular weight is 439 g/mol. The molecule has 7 heteroatoms. The highest BCUT2D eigenvalue weighted by atomic mass is 16.6. The van der Waals surface area contributed by atoms with Crippen molar-refractivity contribution in [2.45, 2.75) is 25.0 Å². The maximum absolute atomic E-state index is 13.9. The van der Waals surface area contributed by atoms with Crippen molar-refractivity contribution in [3.05, 3.63) is 108 Å². The number of carbonyl (C=O) groups is 2. The molecule has 164 valence electrons. The predicted octanol–water partition coefficient (Wildman–Crippen LogP) is 4.91. The molecule has 2 atom stereocenters. The van der Waals surface area contributed by atoms with Gasteiger partial charge in [-0.25, -0.2) is 9.69 Å². The van der Waals surface area contributed by atoms with Crippen molar-refractivity contribution in [2.24, 2.45) is 0 Å². The van der Waals surface area contributed by atoms with E-state index in [0.717, 1.165) is 16.0 Å². The van der Waals surface area contributed by atoms with Crippen LogP contribution in [0.4, 0.5) is 4.79 Å². The number of carbonyl (C=O) groups excluding carboxylic acids is 2. The van der Waals surface area contributed by atoms with E-state index in [1.165, 1.54) is 0 Å². The Morgan fingerprint density at radius 3 is 2.12 bits per heavy atom. The maximum atomic E-state index is 13.9. The van der Waals surface area contributed by atoms with Gasteiger partial charge in [-0.2, -0.15) is 0 Å². The van der Waals surface area contributed by atoms with Gasteiger partial charge >= 0.3 is 6.09 Å². The second kappa shape index (κ2) is 8.35. The standard InChI is InChI=1S/C26H21N3O4/c1-18(20-13-7-3-8-14-20)29-24(30)26(33-25(29)31,17-19-11-5-2-6-12-19)23-28-27-22(32-23)21-15-9-4-10-16-21/h2-16,18H,17H2,1H3/t18-,26-/m1/s1. The van der Waals surface area contributed by atoms with Gasteiger partial charge in [0.2, 0.25) is 5.89 Å². The van der Waals surface area contributed by atoms with Gasteiger partial charge in [-0.05, 0) is 30.2 Å². The summed E-state index contributed by atoms with van der Waals surface area (Å²) < 4.78 is 11.7. The van der Waals surface area contributed by atoms with Crippen LogP contribution >= 0.6 is 0 Å². The SMILES string of the molecule is C[C@H](c1ccccc1)N1C(=O)O[C@](Cc2ccccc2)(c2nnc(-c3ccccc3)o2)C1=O. The van der Waals surface area contributed by atoms with Crippen molar-refractivity contribution < 1.29 is 18.7 Å². The Labute approximate surface area is 190 Å². The Bertz CT molecular complexity index is 1270. The van der Waals surface area contributed by atoms with Gasteiger partial charge in [-0.15, -0.1) is 10.2 Å². The van der Waals surface area contributed by atoms with Crippen molar-refractivity contribution in [1.29, 1.82) is 0 Å². The Balaban J connectivity index is 1.58. The molecule has 3 aromatic carbocycles. The summed E-state index contributed by atoms with van der Waals surface area (Å²) >= 11 is 0. The van der Waals surface area contributed by atoms with Gasteiger partial charge in [0.1, 0.15) is 0 Å². The van der Waals surface area contributed by atoms with Crippen molar-refractivity contribution in [3.63, 3.8) is 0 Å². The molecule has 1 aromatic heterocycles. The first-order chi connectivity index (χ1) is 16.1. The molecule has 2 amide bonds. The number of imide groups is 1. The molecular weight excluding hydrogens is 418 g/mol. The fourth-order valence-electron chi connectivity index (χ4n) is 4.02. The molecule has 5 rings (SSSR count). The lowest BCUT2D eigenvalue weighted by Crippen LogP contribution is -2.41. The molecule has 1 fully saturated rings. The van der Waals surface area contributed by atoms with E-state index in [9.17, 15) is 9.59 Å². The number of aromatic nitrogens is 2. The van der Waals surface area contributed by atoms with Crippen LogP contribution in [0.1, 0.15) is 30.0 Å². The van der Waals surface area contributed by atoms with Crippen molar-refractivity contribution >= 4 is 12.0 Å². The van der Waals surface area contributed by atoms with Crippen LogP contribution in [0, 0.1) is 0 Å². The summed E-state index contributed by atoms with van der Waals surface area (Å²) in [5.41, 5.74) is 0.570. The maximum Gasteiger partial charge on any atom is 0.418 e. The molecule has 4 aromatic rings. The van der Waals surface area contributed by atoms with Crippen LogP contribution in [-0.4, -0.2) is 27.1 Å². The Kier molecular flexibility index (Phi) is 5.22. The normalized spacial score (nSPS) is 18.9. The highest BCUT2D eigenvalue weighted by molar-refractivity contribution is 6.03. The highest BCUT2D eigenvalue weighted by Gasteiger charge is 2.60. The second-order valence-electron chi connectivity index (χ2n) is 7.90. The molecule has 7 nitrogen and oxygen atoms in total. The molecule has 33 heavy (non-hydrogen) atoms. The van der Waals surface area contributed by atoms with Gasteiger partial charge in [0.25, 0.3) is 17.4 Å². The van der Waals surface area contributed by atoms with Crippen LogP contribution in [0.25, 0.3) is 11.5 Å². The molecule has 0 saturated carbocycles. The van der Waals surface area contributed by atoms with Gasteiger partial charge in [0, 0.05) is 12.0 Å². The third kappa shape index (κ3) is 3.67. The van der Waals surface area contributed by atoms with E-state index in [1.54, 1.807) is 6.92 Å². The Morgan fingerprint density at radius 2 is 1.45 bits per heavy atom. The lowest BCUT2D eigenvalue weighted by atomic mass is 9.92. The first-order valence-electron chi connectivity index (χ1n) is 10.6. The number of amides is 2. The second-order valence-corrected chi connectivity index (χ2v) is 7.90. The van der Waals surface area contributed by atoms with Crippen LogP contribution in [-0.2, 0) is 21.6 Å². The first-order valence-corrected chi connectivity index (χ1v) is 10.6. The van der Waals surface area contributed by atoms with Gasteiger partial charge in [0.05, 0.1) is 6.04 Å². The van der Waals surface area contributed by atoms with Crippen molar-refractivity contribution in [1.82, 2.24) is 15.1 Å². The zero-order valence-electron chi connectivity index (χ0n) is 17.9. The summed E-state index contributed by atoms with van der Waals surface area (Å²) in [7, 11) is 0. The minimum atomic E-state index is -1.75. The van der Waals surface area contributed by atoms with Crippen LogP contribution < -0.4 is 0 Å². The van der Waals surface area contributed by atoms with E-state index in [-0.39, 0.29) is 18.2 Å². The molecule has 0 spiro atoms. The fraction of sp³-hybridized carbons (Fsp3) is 0.154. The number of ether oxygens (including phenoxy) is 1. The van der Waals surface area contributed by atoms with Crippen LogP contribution in [0.15, 0.2) is 95.4 Å². The summed E-state index contributed by atoms with van der Waals surface area (Å²) in [5.74, 6) is -0.335. The highest BCUT2D eigenvalue weighted by Crippen LogP contribution is 2.41. The number of hydrogen-bond donors (Lipinski definition) is 0. The topological polar surface area (TPSA) is 85.5 Å². The molecule has 1 aliphatic rings. The Hall–Kier alpha value is -4.26. The molecule has 1 saturated heterocycles. The summed E-state index contributed by atoms with van der Waals surface area (Å²) in [6.07, 6.45) is -0.668. The van der Waals surface area contributed by atoms with E-state index in [1.807, 2.05) is 91.0 Å². The zero-order chi connectivity index (χ0) is 22.8. The number of nitrogens with zero attached hydrogens (tertiary/aromatic N) is 3. The number of rotatable bonds is 6. The zero-order valence-corrected chi connectivity index (χ0v) is 17.9. The third-order valence-electron chi connectivity index (χ3n) is 5.78. The van der Waals surface area contributed by atoms with Gasteiger partial charge in [-0.1, -0.05) is 78.9 Å². The molecule has 1 aliphatic heterocycles. The quantitative estimate of drug-likeness (QED) is 0.424. The molecule has 0 bridgehead atoms. The lowest BCUT2D eigenvalue weighted by Gasteiger charge is -2.23. The molecule has 2 heterocycles. The largest absolute Gasteiger partial charge is 0.422 e. The van der Waals surface area contributed by atoms with Crippen LogP contribution in [0.2, 0.25) is 0 Å². The summed E-state index contributed by atoms with van der Waals surface area (Å²) in [4.78, 5) is 28.0. The van der Waals surface area contributed by atoms with E-state index in [2.05, 4.69) is 10.2 Å². The number of benzene rings is 3. The summed E-state index contributed by atoms with van der Waals surface area (Å²) in [5, 5.41) is 8.28. The van der Waals surface area contributed by atoms with Crippen molar-refractivity contribution in [2.75, 3.05) is 0 Å². The first kappa shape index (κ1) is 20.6. The van der Waals surface area contributed by atoms with E-state index in [4.69, 9.17) is 9.15 Å². The van der Waals surface area contributed by atoms with Crippen LogP contribution in [0.3, 0.4) is 0 Å². The van der Waals surface area contributed by atoms with Crippen LogP contribution in [0.5, 0.6) is 0 Å². The minimum Gasteiger partial charge on any atom is -0.422 e.